The molecule has 3 rings (SSSR count). The number of hydrogen-bond donors (Lipinski definition) is 1. The minimum Gasteiger partial charge on any atom is -0.346 e. The number of nitrogens with zero attached hydrogens (tertiary/aromatic N) is 1. The van der Waals surface area contributed by atoms with Crippen LogP contribution in [0.3, 0.4) is 0 Å². The third-order valence-corrected chi connectivity index (χ3v) is 5.03. The first-order valence-electron chi connectivity index (χ1n) is 7.01. The van der Waals surface area contributed by atoms with Crippen LogP contribution in [0.1, 0.15) is 20.1 Å². The summed E-state index contributed by atoms with van der Waals surface area (Å²) in [5, 5.41) is 0. The van der Waals surface area contributed by atoms with Crippen LogP contribution < -0.4 is 11.2 Å². The Balaban J connectivity index is 1.83. The number of halogens is 1. The molecule has 1 aromatic heterocycles. The van der Waals surface area contributed by atoms with Gasteiger partial charge >= 0.3 is 13.5 Å². The maximum absolute atomic E-state index is 14.6. The molecule has 23 heavy (non-hydrogen) atoms. The van der Waals surface area contributed by atoms with Crippen molar-refractivity contribution in [1.29, 1.82) is 0 Å². The summed E-state index contributed by atoms with van der Waals surface area (Å²) < 4.78 is 48.5. The van der Waals surface area contributed by atoms with Crippen LogP contribution in [-0.2, 0) is 22.9 Å². The summed E-state index contributed by atoms with van der Waals surface area (Å²) in [6.45, 7) is 3.09. The molecule has 2 aliphatic rings. The van der Waals surface area contributed by atoms with Crippen LogP contribution in [0.5, 0.6) is 0 Å². The van der Waals surface area contributed by atoms with Crippen LogP contribution in [0, 0.1) is 0 Å². The molecule has 0 radical (unpaired) electrons. The lowest BCUT2D eigenvalue weighted by atomic mass is 10.1. The van der Waals surface area contributed by atoms with Crippen molar-refractivity contribution in [2.75, 3.05) is 6.61 Å². The fourth-order valence-electron chi connectivity index (χ4n) is 2.46. The highest BCUT2D eigenvalue weighted by Gasteiger charge is 2.54. The molecule has 0 amide bonds. The molecule has 128 valence electrons. The van der Waals surface area contributed by atoms with E-state index >= 15 is 0 Å². The molecule has 1 aromatic rings. The summed E-state index contributed by atoms with van der Waals surface area (Å²) in [5.41, 5.74) is -1.42. The molecule has 5 atom stereocenters. The molecular formula is C12H16FN2O7P. The van der Waals surface area contributed by atoms with E-state index in [0.29, 0.717) is 0 Å². The highest BCUT2D eigenvalue weighted by atomic mass is 31.2. The number of hydrogen-bond acceptors (Lipinski definition) is 7. The van der Waals surface area contributed by atoms with Gasteiger partial charge in [0.05, 0.1) is 12.7 Å². The third kappa shape index (κ3) is 3.17. The van der Waals surface area contributed by atoms with E-state index in [9.17, 15) is 18.5 Å². The van der Waals surface area contributed by atoms with Crippen LogP contribution in [0.25, 0.3) is 0 Å². The van der Waals surface area contributed by atoms with Gasteiger partial charge in [0.1, 0.15) is 12.2 Å². The zero-order valence-corrected chi connectivity index (χ0v) is 13.3. The number of H-pyrrole nitrogens is 1. The molecule has 2 aliphatic heterocycles. The normalized spacial score (nSPS) is 37.0. The lowest BCUT2D eigenvalue weighted by Gasteiger charge is -2.31. The van der Waals surface area contributed by atoms with Gasteiger partial charge in [0.15, 0.2) is 12.4 Å². The number of ether oxygens (including phenoxy) is 1. The van der Waals surface area contributed by atoms with Crippen molar-refractivity contribution >= 4 is 7.82 Å². The average molecular weight is 350 g/mol. The molecule has 2 unspecified atom stereocenters. The summed E-state index contributed by atoms with van der Waals surface area (Å²) in [4.78, 5) is 24.8. The second-order valence-corrected chi connectivity index (χ2v) is 7.07. The fourth-order valence-corrected chi connectivity index (χ4v) is 4.03. The molecule has 0 spiro atoms. The number of rotatable bonds is 3. The van der Waals surface area contributed by atoms with Crippen LogP contribution in [0.2, 0.25) is 0 Å². The highest BCUT2D eigenvalue weighted by molar-refractivity contribution is 7.48. The number of fused-ring (bicyclic) bond motifs is 1. The van der Waals surface area contributed by atoms with Crippen LogP contribution in [0.15, 0.2) is 21.9 Å². The van der Waals surface area contributed by atoms with Crippen molar-refractivity contribution in [3.05, 3.63) is 33.1 Å². The maximum Gasteiger partial charge on any atom is 0.475 e. The number of phosphoric acid groups is 1. The van der Waals surface area contributed by atoms with E-state index in [-0.39, 0.29) is 6.61 Å². The van der Waals surface area contributed by atoms with Crippen LogP contribution >= 0.6 is 7.82 Å². The molecule has 9 nitrogen and oxygen atoms in total. The Morgan fingerprint density at radius 3 is 2.87 bits per heavy atom. The SMILES string of the molecule is CC(C)OP1(=O)OC[C@H]2O[C@@H](n3ccc(=O)[nH]c3=O)C(F)[C@H]2O1. The number of alkyl halides is 1. The van der Waals surface area contributed by atoms with Gasteiger partial charge in [-0.15, -0.1) is 0 Å². The van der Waals surface area contributed by atoms with E-state index in [4.69, 9.17) is 18.3 Å². The van der Waals surface area contributed by atoms with Gasteiger partial charge in [0, 0.05) is 12.3 Å². The minimum atomic E-state index is -3.88. The lowest BCUT2D eigenvalue weighted by molar-refractivity contribution is -0.0749. The first-order chi connectivity index (χ1) is 10.8. The molecule has 0 aliphatic carbocycles. The standard InChI is InChI=1S/C12H16FN2O7P/c1-6(2)21-23(18)19-5-7-10(22-23)9(13)11(20-7)15-4-3-8(16)14-12(15)17/h3-4,6-7,9-11H,5H2,1-2H3,(H,14,16,17)/t7-,9?,10+,11-,23?/m1/s1. The van der Waals surface area contributed by atoms with Gasteiger partial charge in [-0.2, -0.15) is 0 Å². The van der Waals surface area contributed by atoms with Gasteiger partial charge in [0.2, 0.25) is 0 Å². The van der Waals surface area contributed by atoms with Crippen molar-refractivity contribution in [2.24, 2.45) is 0 Å². The quantitative estimate of drug-likeness (QED) is 0.800. The van der Waals surface area contributed by atoms with Gasteiger partial charge in [0.25, 0.3) is 5.56 Å². The molecular weight excluding hydrogens is 334 g/mol. The largest absolute Gasteiger partial charge is 0.475 e. The summed E-state index contributed by atoms with van der Waals surface area (Å²) in [7, 11) is -3.88. The highest BCUT2D eigenvalue weighted by Crippen LogP contribution is 2.57. The molecule has 1 N–H and O–H groups in total. The van der Waals surface area contributed by atoms with Crippen molar-refractivity contribution in [3.63, 3.8) is 0 Å². The van der Waals surface area contributed by atoms with Gasteiger partial charge in [-0.25, -0.2) is 13.8 Å². The Kier molecular flexibility index (Phi) is 4.28. The fraction of sp³-hybridized carbons (Fsp3) is 0.667. The molecule has 11 heteroatoms. The van der Waals surface area contributed by atoms with E-state index in [1.165, 1.54) is 0 Å². The minimum absolute atomic E-state index is 0.191. The van der Waals surface area contributed by atoms with Crippen LogP contribution in [-0.4, -0.2) is 40.6 Å². The van der Waals surface area contributed by atoms with Gasteiger partial charge in [-0.05, 0) is 13.8 Å². The maximum atomic E-state index is 14.6. The van der Waals surface area contributed by atoms with Crippen molar-refractivity contribution < 1.29 is 27.3 Å². The molecule has 2 saturated heterocycles. The lowest BCUT2D eigenvalue weighted by Crippen LogP contribution is -2.39. The molecule has 0 bridgehead atoms. The predicted octanol–water partition coefficient (Wildman–Crippen LogP) is 0.721. The molecule has 3 heterocycles. The van der Waals surface area contributed by atoms with Crippen molar-refractivity contribution in [1.82, 2.24) is 9.55 Å². The molecule has 0 aromatic carbocycles. The van der Waals surface area contributed by atoms with E-state index < -0.39 is 49.8 Å². The first-order valence-corrected chi connectivity index (χ1v) is 8.47. The molecule has 2 fully saturated rings. The second kappa shape index (κ2) is 5.95. The average Bonchev–Trinajstić information content (AvgIpc) is 2.75. The van der Waals surface area contributed by atoms with Crippen molar-refractivity contribution in [3.8, 4) is 0 Å². The summed E-state index contributed by atoms with van der Waals surface area (Å²) in [5.74, 6) is 0. The van der Waals surface area contributed by atoms with Crippen molar-refractivity contribution in [2.45, 2.75) is 44.6 Å². The number of aromatic amines is 1. The topological polar surface area (TPSA) is 109 Å². The third-order valence-electron chi connectivity index (χ3n) is 3.38. The molecule has 0 saturated carbocycles. The zero-order valence-electron chi connectivity index (χ0n) is 12.4. The van der Waals surface area contributed by atoms with E-state index in [0.717, 1.165) is 16.8 Å². The van der Waals surface area contributed by atoms with E-state index in [1.807, 2.05) is 4.98 Å². The monoisotopic (exact) mass is 350 g/mol. The Morgan fingerprint density at radius 2 is 2.22 bits per heavy atom. The Labute approximate surface area is 129 Å². The number of phosphoric ester groups is 1. The smallest absolute Gasteiger partial charge is 0.346 e. The predicted molar refractivity (Wildman–Crippen MR) is 74.8 cm³/mol. The Morgan fingerprint density at radius 1 is 1.48 bits per heavy atom. The van der Waals surface area contributed by atoms with Gasteiger partial charge in [-0.3, -0.25) is 27.9 Å². The summed E-state index contributed by atoms with van der Waals surface area (Å²) in [6.07, 6.45) is -4.44. The van der Waals surface area contributed by atoms with Gasteiger partial charge in [-0.1, -0.05) is 0 Å². The summed E-state index contributed by atoms with van der Waals surface area (Å²) >= 11 is 0. The Hall–Kier alpha value is -1.32. The van der Waals surface area contributed by atoms with E-state index in [2.05, 4.69) is 0 Å². The van der Waals surface area contributed by atoms with Gasteiger partial charge < -0.3 is 4.74 Å². The van der Waals surface area contributed by atoms with Crippen LogP contribution in [0.4, 0.5) is 4.39 Å². The zero-order chi connectivity index (χ0) is 16.8. The van der Waals surface area contributed by atoms with E-state index in [1.54, 1.807) is 13.8 Å². The summed E-state index contributed by atoms with van der Waals surface area (Å²) in [6, 6.07) is 1.07. The number of nitrogens with one attached hydrogen (secondary N) is 1. The first kappa shape index (κ1) is 16.5. The number of aromatic nitrogens is 2. The second-order valence-electron chi connectivity index (χ2n) is 5.49. The Bertz CT molecular complexity index is 747.